The summed E-state index contributed by atoms with van der Waals surface area (Å²) in [6.07, 6.45) is 3.58. The van der Waals surface area contributed by atoms with Crippen molar-refractivity contribution in [2.24, 2.45) is 5.73 Å². The van der Waals surface area contributed by atoms with Crippen LogP contribution in [0.25, 0.3) is 0 Å². The Labute approximate surface area is 125 Å². The number of benzene rings is 1. The first-order valence-corrected chi connectivity index (χ1v) is 8.09. The van der Waals surface area contributed by atoms with Crippen LogP contribution in [0.3, 0.4) is 0 Å². The van der Waals surface area contributed by atoms with E-state index in [-0.39, 0.29) is 5.91 Å². The van der Waals surface area contributed by atoms with E-state index < -0.39 is 0 Å². The van der Waals surface area contributed by atoms with Gasteiger partial charge in [0.1, 0.15) is 0 Å². The SMILES string of the molecule is CN1CCCC(Nc2ccccc2SCC(N)=O)CC1. The molecule has 1 amide bonds. The summed E-state index contributed by atoms with van der Waals surface area (Å²) in [6.45, 7) is 2.31. The molecule has 1 aliphatic heterocycles. The Bertz CT molecular complexity index is 452. The van der Waals surface area contributed by atoms with Crippen LogP contribution in [0.5, 0.6) is 0 Å². The lowest BCUT2D eigenvalue weighted by Crippen LogP contribution is -2.23. The Balaban J connectivity index is 1.99. The number of hydrogen-bond acceptors (Lipinski definition) is 4. The predicted octanol–water partition coefficient (Wildman–Crippen LogP) is 2.16. The van der Waals surface area contributed by atoms with Crippen molar-refractivity contribution < 1.29 is 4.79 Å². The predicted molar refractivity (Wildman–Crippen MR) is 85.1 cm³/mol. The molecule has 4 nitrogen and oxygen atoms in total. The molecule has 1 unspecified atom stereocenters. The molecule has 20 heavy (non-hydrogen) atoms. The molecule has 0 bridgehead atoms. The summed E-state index contributed by atoms with van der Waals surface area (Å²) in [7, 11) is 2.18. The standard InChI is InChI=1S/C15H23N3OS/c1-18-9-4-5-12(8-10-18)17-13-6-2-3-7-14(13)20-11-15(16)19/h2-3,6-7,12,17H,4-5,8-11H2,1H3,(H2,16,19). The maximum atomic E-state index is 10.9. The minimum atomic E-state index is -0.277. The highest BCUT2D eigenvalue weighted by molar-refractivity contribution is 8.00. The van der Waals surface area contributed by atoms with E-state index in [1.807, 2.05) is 18.2 Å². The van der Waals surface area contributed by atoms with E-state index in [0.717, 1.165) is 23.5 Å². The van der Waals surface area contributed by atoms with Gasteiger partial charge in [-0.3, -0.25) is 4.79 Å². The Kier molecular flexibility index (Phi) is 5.73. The molecule has 3 N–H and O–H groups in total. The molecular weight excluding hydrogens is 270 g/mol. The van der Waals surface area contributed by atoms with E-state index in [0.29, 0.717) is 11.8 Å². The third kappa shape index (κ3) is 4.72. The fraction of sp³-hybridized carbons (Fsp3) is 0.533. The van der Waals surface area contributed by atoms with Crippen molar-refractivity contribution in [3.05, 3.63) is 24.3 Å². The van der Waals surface area contributed by atoms with E-state index in [1.165, 1.54) is 31.1 Å². The number of likely N-dealkylation sites (tertiary alicyclic amines) is 1. The molecule has 1 heterocycles. The number of nitrogens with one attached hydrogen (secondary N) is 1. The van der Waals surface area contributed by atoms with E-state index in [1.54, 1.807) is 0 Å². The Morgan fingerprint density at radius 3 is 3.00 bits per heavy atom. The van der Waals surface area contributed by atoms with Crippen molar-refractivity contribution in [3.63, 3.8) is 0 Å². The van der Waals surface area contributed by atoms with Gasteiger partial charge in [-0.1, -0.05) is 12.1 Å². The molecule has 0 aliphatic carbocycles. The molecule has 1 saturated heterocycles. The van der Waals surface area contributed by atoms with Crippen molar-refractivity contribution in [1.82, 2.24) is 4.90 Å². The summed E-state index contributed by atoms with van der Waals surface area (Å²) in [5, 5.41) is 3.63. The lowest BCUT2D eigenvalue weighted by atomic mass is 10.1. The zero-order chi connectivity index (χ0) is 14.4. The lowest BCUT2D eigenvalue weighted by molar-refractivity contribution is -0.115. The fourth-order valence-corrected chi connectivity index (χ4v) is 3.22. The molecule has 5 heteroatoms. The van der Waals surface area contributed by atoms with Crippen LogP contribution < -0.4 is 11.1 Å². The Morgan fingerprint density at radius 2 is 2.20 bits per heavy atom. The molecule has 0 spiro atoms. The van der Waals surface area contributed by atoms with Crippen molar-refractivity contribution in [1.29, 1.82) is 0 Å². The number of rotatable bonds is 5. The minimum absolute atomic E-state index is 0.277. The number of nitrogens with two attached hydrogens (primary N) is 1. The maximum absolute atomic E-state index is 10.9. The first-order chi connectivity index (χ1) is 9.65. The highest BCUT2D eigenvalue weighted by atomic mass is 32.2. The smallest absolute Gasteiger partial charge is 0.227 e. The number of carbonyl (C=O) groups excluding carboxylic acids is 1. The molecule has 1 aromatic rings. The van der Waals surface area contributed by atoms with Crippen molar-refractivity contribution in [2.75, 3.05) is 31.2 Å². The van der Waals surface area contributed by atoms with E-state index in [2.05, 4.69) is 23.3 Å². The Hall–Kier alpha value is -1.20. The molecular formula is C15H23N3OS. The second-order valence-electron chi connectivity index (χ2n) is 5.33. The number of thioether (sulfide) groups is 1. The second-order valence-corrected chi connectivity index (χ2v) is 6.34. The fourth-order valence-electron chi connectivity index (χ4n) is 2.46. The summed E-state index contributed by atoms with van der Waals surface area (Å²) < 4.78 is 0. The van der Waals surface area contributed by atoms with Crippen LogP contribution in [0.4, 0.5) is 5.69 Å². The van der Waals surface area contributed by atoms with Crippen LogP contribution >= 0.6 is 11.8 Å². The highest BCUT2D eigenvalue weighted by Gasteiger charge is 2.15. The lowest BCUT2D eigenvalue weighted by Gasteiger charge is -2.20. The average Bonchev–Trinajstić information content (AvgIpc) is 2.63. The highest BCUT2D eigenvalue weighted by Crippen LogP contribution is 2.28. The van der Waals surface area contributed by atoms with Gasteiger partial charge in [-0.05, 0) is 51.5 Å². The zero-order valence-electron chi connectivity index (χ0n) is 12.0. The van der Waals surface area contributed by atoms with Crippen LogP contribution in [0.15, 0.2) is 29.2 Å². The summed E-state index contributed by atoms with van der Waals surface area (Å²) in [4.78, 5) is 14.4. The monoisotopic (exact) mass is 293 g/mol. The van der Waals surface area contributed by atoms with Crippen molar-refractivity contribution >= 4 is 23.4 Å². The molecule has 0 saturated carbocycles. The summed E-state index contributed by atoms with van der Waals surface area (Å²) in [5.41, 5.74) is 6.34. The number of para-hydroxylation sites is 1. The number of carbonyl (C=O) groups is 1. The quantitative estimate of drug-likeness (QED) is 0.817. The van der Waals surface area contributed by atoms with Gasteiger partial charge in [-0.15, -0.1) is 11.8 Å². The first-order valence-electron chi connectivity index (χ1n) is 7.10. The molecule has 0 aromatic heterocycles. The van der Waals surface area contributed by atoms with Gasteiger partial charge < -0.3 is 16.0 Å². The third-order valence-electron chi connectivity index (χ3n) is 3.57. The van der Waals surface area contributed by atoms with Gasteiger partial charge in [0, 0.05) is 16.6 Å². The number of anilines is 1. The molecule has 1 atom stereocenters. The first kappa shape index (κ1) is 15.2. The number of primary amides is 1. The Morgan fingerprint density at radius 1 is 1.40 bits per heavy atom. The molecule has 2 rings (SSSR count). The van der Waals surface area contributed by atoms with Crippen LogP contribution in [0.1, 0.15) is 19.3 Å². The van der Waals surface area contributed by atoms with E-state index >= 15 is 0 Å². The number of hydrogen-bond donors (Lipinski definition) is 2. The van der Waals surface area contributed by atoms with Gasteiger partial charge in [0.25, 0.3) is 0 Å². The second kappa shape index (κ2) is 7.55. The van der Waals surface area contributed by atoms with Crippen molar-refractivity contribution in [2.45, 2.75) is 30.2 Å². The van der Waals surface area contributed by atoms with Crippen LogP contribution in [-0.4, -0.2) is 42.7 Å². The third-order valence-corrected chi connectivity index (χ3v) is 4.66. The van der Waals surface area contributed by atoms with Gasteiger partial charge in [0.15, 0.2) is 0 Å². The van der Waals surface area contributed by atoms with Gasteiger partial charge >= 0.3 is 0 Å². The van der Waals surface area contributed by atoms with Crippen LogP contribution in [0.2, 0.25) is 0 Å². The van der Waals surface area contributed by atoms with Crippen LogP contribution in [0, 0.1) is 0 Å². The molecule has 1 aliphatic rings. The van der Waals surface area contributed by atoms with Crippen LogP contribution in [-0.2, 0) is 4.79 Å². The molecule has 110 valence electrons. The number of nitrogens with zero attached hydrogens (tertiary/aromatic N) is 1. The minimum Gasteiger partial charge on any atom is -0.381 e. The maximum Gasteiger partial charge on any atom is 0.227 e. The number of amides is 1. The normalized spacial score (nSPS) is 20.4. The average molecular weight is 293 g/mol. The van der Waals surface area contributed by atoms with Gasteiger partial charge in [-0.25, -0.2) is 0 Å². The zero-order valence-corrected chi connectivity index (χ0v) is 12.8. The summed E-state index contributed by atoms with van der Waals surface area (Å²) >= 11 is 1.50. The van der Waals surface area contributed by atoms with Gasteiger partial charge in [-0.2, -0.15) is 0 Å². The van der Waals surface area contributed by atoms with E-state index in [9.17, 15) is 4.79 Å². The topological polar surface area (TPSA) is 58.4 Å². The largest absolute Gasteiger partial charge is 0.381 e. The molecule has 1 fully saturated rings. The molecule has 1 aromatic carbocycles. The van der Waals surface area contributed by atoms with E-state index in [4.69, 9.17) is 5.73 Å². The van der Waals surface area contributed by atoms with Gasteiger partial charge in [0.05, 0.1) is 5.75 Å². The summed E-state index contributed by atoms with van der Waals surface area (Å²) in [5.74, 6) is 0.0485. The summed E-state index contributed by atoms with van der Waals surface area (Å²) in [6, 6.07) is 8.65. The molecule has 0 radical (unpaired) electrons. The van der Waals surface area contributed by atoms with Crippen molar-refractivity contribution in [3.8, 4) is 0 Å². The van der Waals surface area contributed by atoms with Gasteiger partial charge in [0.2, 0.25) is 5.91 Å².